The summed E-state index contributed by atoms with van der Waals surface area (Å²) in [5, 5.41) is 3.76. The largest absolute Gasteiger partial charge is 0.452 e. The molecule has 0 unspecified atom stereocenters. The molecular weight excluding hydrogens is 400 g/mol. The van der Waals surface area contributed by atoms with Gasteiger partial charge in [-0.1, -0.05) is 80.1 Å². The van der Waals surface area contributed by atoms with E-state index in [1.807, 2.05) is 55.5 Å². The molecule has 1 N–H and O–H groups in total. The average molecular weight is 431 g/mol. The summed E-state index contributed by atoms with van der Waals surface area (Å²) in [6, 6.07) is 17.4. The Morgan fingerprint density at radius 1 is 0.969 bits per heavy atom. The Labute approximate surface area is 189 Å². The monoisotopic (exact) mass is 430 g/mol. The molecule has 1 aliphatic rings. The van der Waals surface area contributed by atoms with Gasteiger partial charge in [0.15, 0.2) is 6.61 Å². The van der Waals surface area contributed by atoms with Gasteiger partial charge in [0.2, 0.25) is 0 Å². The number of benzene rings is 2. The number of fused-ring (bicyclic) bond motifs is 1. The van der Waals surface area contributed by atoms with Crippen LogP contribution in [0.25, 0.3) is 22.2 Å². The van der Waals surface area contributed by atoms with Crippen LogP contribution in [-0.2, 0) is 9.53 Å². The molecule has 2 aromatic carbocycles. The first-order chi connectivity index (χ1) is 15.6. The third-order valence-corrected chi connectivity index (χ3v) is 6.09. The molecular formula is C27H30N2O3. The summed E-state index contributed by atoms with van der Waals surface area (Å²) in [5.74, 6) is -0.745. The highest BCUT2D eigenvalue weighted by atomic mass is 16.5. The fourth-order valence-electron chi connectivity index (χ4n) is 4.30. The Bertz CT molecular complexity index is 1080. The number of pyridine rings is 1. The third kappa shape index (κ3) is 5.52. The van der Waals surface area contributed by atoms with Gasteiger partial charge in [0.05, 0.1) is 16.8 Å². The summed E-state index contributed by atoms with van der Waals surface area (Å²) < 4.78 is 5.43. The maximum absolute atomic E-state index is 13.0. The predicted molar refractivity (Wildman–Crippen MR) is 126 cm³/mol. The molecule has 1 aromatic heterocycles. The van der Waals surface area contributed by atoms with E-state index in [1.165, 1.54) is 19.3 Å². The Morgan fingerprint density at radius 3 is 2.41 bits per heavy atom. The predicted octanol–water partition coefficient (Wildman–Crippen LogP) is 5.60. The minimum atomic E-state index is -0.509. The van der Waals surface area contributed by atoms with Crippen LogP contribution in [0, 0.1) is 6.92 Å². The summed E-state index contributed by atoms with van der Waals surface area (Å²) >= 11 is 0. The highest BCUT2D eigenvalue weighted by Gasteiger charge is 2.18. The summed E-state index contributed by atoms with van der Waals surface area (Å²) in [4.78, 5) is 30.1. The number of aromatic nitrogens is 1. The van der Waals surface area contributed by atoms with Crippen molar-refractivity contribution in [2.24, 2.45) is 0 Å². The molecule has 4 rings (SSSR count). The summed E-state index contributed by atoms with van der Waals surface area (Å²) in [5.41, 5.74) is 3.93. The highest BCUT2D eigenvalue weighted by molar-refractivity contribution is 6.05. The van der Waals surface area contributed by atoms with Gasteiger partial charge in [0.25, 0.3) is 5.91 Å². The lowest BCUT2D eigenvalue weighted by molar-refractivity contribution is -0.125. The molecule has 1 fully saturated rings. The minimum absolute atomic E-state index is 0.177. The smallest absolute Gasteiger partial charge is 0.339 e. The van der Waals surface area contributed by atoms with E-state index in [2.05, 4.69) is 5.32 Å². The number of aryl methyl sites for hydroxylation is 1. The lowest BCUT2D eigenvalue weighted by Crippen LogP contribution is -2.38. The zero-order chi connectivity index (χ0) is 22.3. The number of rotatable bonds is 5. The summed E-state index contributed by atoms with van der Waals surface area (Å²) in [6.45, 7) is 1.76. The van der Waals surface area contributed by atoms with Crippen LogP contribution in [0.1, 0.15) is 60.9 Å². The van der Waals surface area contributed by atoms with Gasteiger partial charge in [-0.25, -0.2) is 9.78 Å². The third-order valence-electron chi connectivity index (χ3n) is 6.09. The van der Waals surface area contributed by atoms with E-state index in [1.54, 1.807) is 6.07 Å². The molecule has 1 heterocycles. The molecule has 0 atom stereocenters. The van der Waals surface area contributed by atoms with Gasteiger partial charge >= 0.3 is 5.97 Å². The maximum atomic E-state index is 13.0. The first-order valence-corrected chi connectivity index (χ1v) is 11.5. The minimum Gasteiger partial charge on any atom is -0.452 e. The van der Waals surface area contributed by atoms with Crippen LogP contribution in [0.15, 0.2) is 54.6 Å². The number of nitrogens with one attached hydrogen (secondary N) is 1. The zero-order valence-electron chi connectivity index (χ0n) is 18.6. The summed E-state index contributed by atoms with van der Waals surface area (Å²) in [7, 11) is 0. The van der Waals surface area contributed by atoms with E-state index in [9.17, 15) is 9.59 Å². The normalized spacial score (nSPS) is 15.0. The molecule has 32 heavy (non-hydrogen) atoms. The molecule has 1 aliphatic carbocycles. The molecule has 1 saturated carbocycles. The second kappa shape index (κ2) is 10.4. The molecule has 5 heteroatoms. The number of esters is 1. The maximum Gasteiger partial charge on any atom is 0.339 e. The van der Waals surface area contributed by atoms with Crippen molar-refractivity contribution in [2.45, 2.75) is 57.9 Å². The van der Waals surface area contributed by atoms with Crippen molar-refractivity contribution in [3.05, 3.63) is 65.7 Å². The van der Waals surface area contributed by atoms with Crippen LogP contribution in [0.4, 0.5) is 0 Å². The number of amides is 1. The van der Waals surface area contributed by atoms with Gasteiger partial charge in [-0.05, 0) is 31.9 Å². The molecule has 0 spiro atoms. The number of hydrogen-bond donors (Lipinski definition) is 1. The van der Waals surface area contributed by atoms with Crippen molar-refractivity contribution in [2.75, 3.05) is 6.61 Å². The van der Waals surface area contributed by atoms with Crippen LogP contribution in [-0.4, -0.2) is 29.5 Å². The second-order valence-corrected chi connectivity index (χ2v) is 8.62. The van der Waals surface area contributed by atoms with E-state index in [0.29, 0.717) is 16.6 Å². The van der Waals surface area contributed by atoms with Crippen molar-refractivity contribution in [1.29, 1.82) is 0 Å². The lowest BCUT2D eigenvalue weighted by atomic mass is 9.97. The van der Waals surface area contributed by atoms with Crippen LogP contribution < -0.4 is 5.32 Å². The van der Waals surface area contributed by atoms with E-state index in [-0.39, 0.29) is 18.6 Å². The van der Waals surface area contributed by atoms with Gasteiger partial charge in [-0.2, -0.15) is 0 Å². The number of nitrogens with zero attached hydrogens (tertiary/aromatic N) is 1. The van der Waals surface area contributed by atoms with Crippen LogP contribution in [0.2, 0.25) is 0 Å². The number of para-hydroxylation sites is 1. The van der Waals surface area contributed by atoms with Crippen molar-refractivity contribution < 1.29 is 14.3 Å². The van der Waals surface area contributed by atoms with Gasteiger partial charge < -0.3 is 10.1 Å². The molecule has 5 nitrogen and oxygen atoms in total. The van der Waals surface area contributed by atoms with Gasteiger partial charge in [0, 0.05) is 17.0 Å². The Kier molecular flexibility index (Phi) is 7.15. The molecule has 0 aliphatic heterocycles. The Balaban J connectivity index is 1.48. The number of hydrogen-bond acceptors (Lipinski definition) is 4. The van der Waals surface area contributed by atoms with Crippen LogP contribution >= 0.6 is 0 Å². The van der Waals surface area contributed by atoms with Crippen molar-refractivity contribution in [1.82, 2.24) is 10.3 Å². The first-order valence-electron chi connectivity index (χ1n) is 11.5. The van der Waals surface area contributed by atoms with E-state index >= 15 is 0 Å². The fourth-order valence-corrected chi connectivity index (χ4v) is 4.30. The molecule has 166 valence electrons. The standard InChI is InChI=1S/C27H30N2O3/c1-19-13-15-20(16-14-19)25-17-23(22-11-7-8-12-24(22)29-25)27(31)32-18-26(30)28-21-9-5-3-2-4-6-10-21/h7-8,11-17,21H,2-6,9-10,18H2,1H3,(H,28,30). The zero-order valence-corrected chi connectivity index (χ0v) is 18.6. The number of ether oxygens (including phenoxy) is 1. The Hall–Kier alpha value is -3.21. The van der Waals surface area contributed by atoms with E-state index < -0.39 is 5.97 Å². The topological polar surface area (TPSA) is 68.3 Å². The number of carbonyl (C=O) groups excluding carboxylic acids is 2. The molecule has 0 saturated heterocycles. The van der Waals surface area contributed by atoms with Crippen LogP contribution in [0.5, 0.6) is 0 Å². The molecule has 0 bridgehead atoms. The van der Waals surface area contributed by atoms with Gasteiger partial charge in [0.1, 0.15) is 0 Å². The lowest BCUT2D eigenvalue weighted by Gasteiger charge is -2.21. The fraction of sp³-hybridized carbons (Fsp3) is 0.370. The molecule has 0 radical (unpaired) electrons. The van der Waals surface area contributed by atoms with Gasteiger partial charge in [-0.3, -0.25) is 4.79 Å². The first kappa shape index (κ1) is 22.0. The highest BCUT2D eigenvalue weighted by Crippen LogP contribution is 2.26. The molecule has 3 aromatic rings. The van der Waals surface area contributed by atoms with E-state index in [4.69, 9.17) is 9.72 Å². The van der Waals surface area contributed by atoms with Gasteiger partial charge in [-0.15, -0.1) is 0 Å². The van der Waals surface area contributed by atoms with Crippen molar-refractivity contribution >= 4 is 22.8 Å². The van der Waals surface area contributed by atoms with Crippen molar-refractivity contribution in [3.8, 4) is 11.3 Å². The number of carbonyl (C=O) groups is 2. The van der Waals surface area contributed by atoms with Crippen molar-refractivity contribution in [3.63, 3.8) is 0 Å². The quantitative estimate of drug-likeness (QED) is 0.535. The van der Waals surface area contributed by atoms with Crippen LogP contribution in [0.3, 0.4) is 0 Å². The average Bonchev–Trinajstić information content (AvgIpc) is 2.79. The summed E-state index contributed by atoms with van der Waals surface area (Å²) in [6.07, 6.45) is 7.98. The molecule has 1 amide bonds. The van der Waals surface area contributed by atoms with E-state index in [0.717, 1.165) is 42.3 Å². The second-order valence-electron chi connectivity index (χ2n) is 8.62. The SMILES string of the molecule is Cc1ccc(-c2cc(C(=O)OCC(=O)NC3CCCCCCC3)c3ccccc3n2)cc1. The Morgan fingerprint density at radius 2 is 1.66 bits per heavy atom.